The Morgan fingerprint density at radius 3 is 2.35 bits per heavy atom. The highest BCUT2D eigenvalue weighted by Gasteiger charge is 2.18. The molecule has 1 aliphatic heterocycles. The highest BCUT2D eigenvalue weighted by atomic mass is 16.2. The lowest BCUT2D eigenvalue weighted by molar-refractivity contribution is -0.127. The van der Waals surface area contributed by atoms with Crippen LogP contribution in [0.2, 0.25) is 0 Å². The minimum atomic E-state index is 0.143. The van der Waals surface area contributed by atoms with Crippen molar-refractivity contribution in [3.05, 3.63) is 41.5 Å². The van der Waals surface area contributed by atoms with E-state index in [0.29, 0.717) is 5.92 Å². The van der Waals surface area contributed by atoms with Gasteiger partial charge in [-0.05, 0) is 41.9 Å². The monoisotopic (exact) mass is 271 g/mol. The van der Waals surface area contributed by atoms with Gasteiger partial charge >= 0.3 is 0 Å². The van der Waals surface area contributed by atoms with Crippen LogP contribution in [0.3, 0.4) is 0 Å². The van der Waals surface area contributed by atoms with Crippen molar-refractivity contribution >= 4 is 12.0 Å². The van der Waals surface area contributed by atoms with Gasteiger partial charge in [-0.15, -0.1) is 0 Å². The highest BCUT2D eigenvalue weighted by Crippen LogP contribution is 2.17. The van der Waals surface area contributed by atoms with E-state index < -0.39 is 0 Å². The van der Waals surface area contributed by atoms with Crippen LogP contribution in [0.15, 0.2) is 30.3 Å². The summed E-state index contributed by atoms with van der Waals surface area (Å²) in [6.45, 7) is 8.43. The van der Waals surface area contributed by atoms with Crippen LogP contribution >= 0.6 is 0 Å². The number of hydrogen-bond donors (Lipinski definition) is 0. The molecule has 1 fully saturated rings. The Kier molecular flexibility index (Phi) is 4.99. The molecule has 108 valence electrons. The summed E-state index contributed by atoms with van der Waals surface area (Å²) in [6.07, 6.45) is 5.89. The van der Waals surface area contributed by atoms with Crippen molar-refractivity contribution in [1.29, 1.82) is 0 Å². The van der Waals surface area contributed by atoms with E-state index in [2.05, 4.69) is 45.0 Å². The molecule has 0 N–H and O–H groups in total. The van der Waals surface area contributed by atoms with E-state index in [-0.39, 0.29) is 5.91 Å². The van der Waals surface area contributed by atoms with E-state index in [0.717, 1.165) is 37.4 Å². The third kappa shape index (κ3) is 3.96. The fourth-order valence-electron chi connectivity index (χ4n) is 2.49. The van der Waals surface area contributed by atoms with E-state index in [1.165, 1.54) is 5.56 Å². The first-order valence-electron chi connectivity index (χ1n) is 7.63. The van der Waals surface area contributed by atoms with Gasteiger partial charge in [0.25, 0.3) is 0 Å². The van der Waals surface area contributed by atoms with Crippen LogP contribution in [0.25, 0.3) is 6.08 Å². The molecule has 1 aliphatic rings. The molecule has 1 amide bonds. The van der Waals surface area contributed by atoms with Crippen molar-refractivity contribution in [2.75, 3.05) is 13.1 Å². The summed E-state index contributed by atoms with van der Waals surface area (Å²) >= 11 is 0. The Bertz CT molecular complexity index is 465. The fraction of sp³-hybridized carbons (Fsp3) is 0.500. The highest BCUT2D eigenvalue weighted by molar-refractivity contribution is 5.91. The molecular weight excluding hydrogens is 246 g/mol. The topological polar surface area (TPSA) is 20.3 Å². The largest absolute Gasteiger partial charge is 0.339 e. The Morgan fingerprint density at radius 1 is 1.20 bits per heavy atom. The van der Waals surface area contributed by atoms with Crippen LogP contribution in [0.5, 0.6) is 0 Å². The number of hydrogen-bond acceptors (Lipinski definition) is 1. The minimum absolute atomic E-state index is 0.143. The van der Waals surface area contributed by atoms with Gasteiger partial charge in [0.1, 0.15) is 0 Å². The molecule has 2 heteroatoms. The first-order valence-corrected chi connectivity index (χ1v) is 7.63. The molecular formula is C18H25NO. The van der Waals surface area contributed by atoms with Crippen molar-refractivity contribution in [2.45, 2.75) is 39.5 Å². The second-order valence-electron chi connectivity index (χ2n) is 6.16. The molecule has 1 heterocycles. The van der Waals surface area contributed by atoms with Crippen molar-refractivity contribution in [3.63, 3.8) is 0 Å². The van der Waals surface area contributed by atoms with Crippen molar-refractivity contribution in [1.82, 2.24) is 4.90 Å². The zero-order chi connectivity index (χ0) is 14.5. The first-order chi connectivity index (χ1) is 9.56. The number of rotatable bonds is 3. The van der Waals surface area contributed by atoms with Crippen LogP contribution < -0.4 is 0 Å². The van der Waals surface area contributed by atoms with Crippen LogP contribution in [-0.4, -0.2) is 23.9 Å². The number of nitrogens with zero attached hydrogens (tertiary/aromatic N) is 1. The molecule has 1 aromatic rings. The van der Waals surface area contributed by atoms with E-state index in [9.17, 15) is 4.79 Å². The summed E-state index contributed by atoms with van der Waals surface area (Å²) in [4.78, 5) is 14.0. The molecule has 20 heavy (non-hydrogen) atoms. The molecule has 0 aromatic heterocycles. The third-order valence-electron chi connectivity index (χ3n) is 4.12. The summed E-state index contributed by atoms with van der Waals surface area (Å²) in [7, 11) is 0. The SMILES string of the molecule is CC1CCN(C(=O)/C=C/c2ccc(C(C)C)cc2)CC1. The Hall–Kier alpha value is -1.57. The number of carbonyl (C=O) groups excluding carboxylic acids is 1. The molecule has 0 bridgehead atoms. The molecule has 1 saturated heterocycles. The zero-order valence-corrected chi connectivity index (χ0v) is 12.8. The van der Waals surface area contributed by atoms with Gasteiger partial charge in [0.2, 0.25) is 5.91 Å². The van der Waals surface area contributed by atoms with Gasteiger partial charge in [-0.1, -0.05) is 45.0 Å². The Labute approximate surface area is 122 Å². The fourth-order valence-corrected chi connectivity index (χ4v) is 2.49. The standard InChI is InChI=1S/C18H25NO/c1-14(2)17-7-4-16(5-8-17)6-9-18(20)19-12-10-15(3)11-13-19/h4-9,14-15H,10-13H2,1-3H3/b9-6+. The second-order valence-corrected chi connectivity index (χ2v) is 6.16. The maximum Gasteiger partial charge on any atom is 0.246 e. The van der Waals surface area contributed by atoms with Crippen molar-refractivity contribution < 1.29 is 4.79 Å². The van der Waals surface area contributed by atoms with E-state index in [4.69, 9.17) is 0 Å². The lowest BCUT2D eigenvalue weighted by atomic mass is 9.99. The summed E-state index contributed by atoms with van der Waals surface area (Å²) in [5.74, 6) is 1.45. The van der Waals surface area contributed by atoms with Gasteiger partial charge in [0, 0.05) is 19.2 Å². The van der Waals surface area contributed by atoms with E-state index in [1.807, 2.05) is 11.0 Å². The van der Waals surface area contributed by atoms with Gasteiger partial charge < -0.3 is 4.90 Å². The van der Waals surface area contributed by atoms with Gasteiger partial charge in [-0.3, -0.25) is 4.79 Å². The summed E-state index contributed by atoms with van der Waals surface area (Å²) in [6, 6.07) is 8.43. The van der Waals surface area contributed by atoms with Crippen molar-refractivity contribution in [3.8, 4) is 0 Å². The molecule has 0 radical (unpaired) electrons. The lowest BCUT2D eigenvalue weighted by Crippen LogP contribution is -2.36. The van der Waals surface area contributed by atoms with E-state index in [1.54, 1.807) is 6.08 Å². The van der Waals surface area contributed by atoms with Crippen LogP contribution in [-0.2, 0) is 4.79 Å². The van der Waals surface area contributed by atoms with Gasteiger partial charge in [-0.2, -0.15) is 0 Å². The molecule has 0 saturated carbocycles. The maximum atomic E-state index is 12.1. The number of carbonyl (C=O) groups is 1. The summed E-state index contributed by atoms with van der Waals surface area (Å²) in [5, 5.41) is 0. The second kappa shape index (κ2) is 6.74. The summed E-state index contributed by atoms with van der Waals surface area (Å²) in [5.41, 5.74) is 2.42. The molecule has 0 spiro atoms. The normalized spacial score (nSPS) is 17.1. The number of likely N-dealkylation sites (tertiary alicyclic amines) is 1. The quantitative estimate of drug-likeness (QED) is 0.758. The minimum Gasteiger partial charge on any atom is -0.339 e. The van der Waals surface area contributed by atoms with Gasteiger partial charge in [-0.25, -0.2) is 0 Å². The van der Waals surface area contributed by atoms with E-state index >= 15 is 0 Å². The maximum absolute atomic E-state index is 12.1. The van der Waals surface area contributed by atoms with Gasteiger partial charge in [0.05, 0.1) is 0 Å². The molecule has 2 rings (SSSR count). The molecule has 0 atom stereocenters. The Balaban J connectivity index is 1.93. The third-order valence-corrected chi connectivity index (χ3v) is 4.12. The lowest BCUT2D eigenvalue weighted by Gasteiger charge is -2.29. The van der Waals surface area contributed by atoms with Gasteiger partial charge in [0.15, 0.2) is 0 Å². The zero-order valence-electron chi connectivity index (χ0n) is 12.8. The predicted molar refractivity (Wildman–Crippen MR) is 84.5 cm³/mol. The molecule has 1 aromatic carbocycles. The molecule has 0 aliphatic carbocycles. The average Bonchev–Trinajstić information content (AvgIpc) is 2.46. The number of benzene rings is 1. The molecule has 2 nitrogen and oxygen atoms in total. The van der Waals surface area contributed by atoms with Crippen LogP contribution in [0, 0.1) is 5.92 Å². The van der Waals surface area contributed by atoms with Crippen LogP contribution in [0.4, 0.5) is 0 Å². The smallest absolute Gasteiger partial charge is 0.246 e. The number of piperidine rings is 1. The number of amides is 1. The summed E-state index contributed by atoms with van der Waals surface area (Å²) < 4.78 is 0. The van der Waals surface area contributed by atoms with Crippen molar-refractivity contribution in [2.24, 2.45) is 5.92 Å². The first kappa shape index (κ1) is 14.8. The molecule has 0 unspecified atom stereocenters. The van der Waals surface area contributed by atoms with Crippen LogP contribution in [0.1, 0.15) is 50.7 Å². The average molecular weight is 271 g/mol. The predicted octanol–water partition coefficient (Wildman–Crippen LogP) is 4.08. The Morgan fingerprint density at radius 2 is 1.80 bits per heavy atom.